The Balaban J connectivity index is 2.42. The van der Waals surface area contributed by atoms with Gasteiger partial charge in [-0.2, -0.15) is 0 Å². The molecule has 0 spiro atoms. The van der Waals surface area contributed by atoms with Crippen LogP contribution < -0.4 is 5.32 Å². The van der Waals surface area contributed by atoms with Crippen molar-refractivity contribution in [2.24, 2.45) is 5.92 Å². The maximum absolute atomic E-state index is 3.59. The maximum atomic E-state index is 3.59. The number of nitrogens with one attached hydrogen (secondary N) is 1. The third kappa shape index (κ3) is 5.00. The second-order valence-corrected chi connectivity index (χ2v) is 6.88. The number of thiophene rings is 1. The first-order chi connectivity index (χ1) is 8.58. The molecule has 1 rings (SSSR count). The molecule has 18 heavy (non-hydrogen) atoms. The van der Waals surface area contributed by atoms with Gasteiger partial charge in [-0.05, 0) is 42.0 Å². The van der Waals surface area contributed by atoms with Crippen molar-refractivity contribution in [1.29, 1.82) is 0 Å². The van der Waals surface area contributed by atoms with Gasteiger partial charge in [0, 0.05) is 33.9 Å². The molecule has 0 saturated carbocycles. The van der Waals surface area contributed by atoms with Gasteiger partial charge in [-0.25, -0.2) is 0 Å². The molecular formula is C14H25BrN2S. The molecule has 4 heteroatoms. The Morgan fingerprint density at radius 2 is 2.00 bits per heavy atom. The van der Waals surface area contributed by atoms with Crippen LogP contribution in [-0.4, -0.2) is 31.6 Å². The predicted molar refractivity (Wildman–Crippen MR) is 85.3 cm³/mol. The van der Waals surface area contributed by atoms with Gasteiger partial charge >= 0.3 is 0 Å². The first-order valence-corrected chi connectivity index (χ1v) is 8.35. The van der Waals surface area contributed by atoms with E-state index in [4.69, 9.17) is 0 Å². The summed E-state index contributed by atoms with van der Waals surface area (Å²) in [6.07, 6.45) is 2.51. The molecule has 1 heterocycles. The summed E-state index contributed by atoms with van der Waals surface area (Å²) < 4.78 is 1.19. The number of rotatable bonds is 8. The smallest absolute Gasteiger partial charge is 0.0300 e. The average Bonchev–Trinajstić information content (AvgIpc) is 2.74. The van der Waals surface area contributed by atoms with E-state index in [1.165, 1.54) is 22.2 Å². The monoisotopic (exact) mass is 332 g/mol. The standard InChI is InChI=1S/C14H25BrN2S/c1-5-11(6-2)14(17(3)4)9-16-8-13-7-12(15)10-18-13/h7,10-11,14,16H,5-6,8-9H2,1-4H3. The van der Waals surface area contributed by atoms with E-state index >= 15 is 0 Å². The van der Waals surface area contributed by atoms with Crippen molar-refractivity contribution in [2.45, 2.75) is 39.3 Å². The highest BCUT2D eigenvalue weighted by Crippen LogP contribution is 2.20. The van der Waals surface area contributed by atoms with E-state index in [1.807, 2.05) is 0 Å². The maximum Gasteiger partial charge on any atom is 0.0300 e. The van der Waals surface area contributed by atoms with E-state index in [-0.39, 0.29) is 0 Å². The number of hydrogen-bond acceptors (Lipinski definition) is 3. The van der Waals surface area contributed by atoms with E-state index in [0.717, 1.165) is 19.0 Å². The Morgan fingerprint density at radius 1 is 1.33 bits per heavy atom. The van der Waals surface area contributed by atoms with Crippen molar-refractivity contribution in [2.75, 3.05) is 20.6 Å². The molecule has 0 aromatic carbocycles. The molecule has 104 valence electrons. The van der Waals surface area contributed by atoms with Crippen molar-refractivity contribution in [1.82, 2.24) is 10.2 Å². The normalized spacial score (nSPS) is 13.5. The van der Waals surface area contributed by atoms with E-state index in [1.54, 1.807) is 11.3 Å². The molecule has 0 saturated heterocycles. The molecule has 1 aromatic heterocycles. The van der Waals surface area contributed by atoms with Crippen LogP contribution in [0.25, 0.3) is 0 Å². The summed E-state index contributed by atoms with van der Waals surface area (Å²) >= 11 is 5.30. The number of likely N-dealkylation sites (N-methyl/N-ethyl adjacent to an activating group) is 1. The second-order valence-electron chi connectivity index (χ2n) is 4.97. The molecule has 0 amide bonds. The summed E-state index contributed by atoms with van der Waals surface area (Å²) in [6.45, 7) is 6.62. The van der Waals surface area contributed by atoms with Crippen LogP contribution in [0.3, 0.4) is 0 Å². The largest absolute Gasteiger partial charge is 0.310 e. The molecule has 0 aliphatic carbocycles. The van der Waals surface area contributed by atoms with Crippen LogP contribution in [0.2, 0.25) is 0 Å². The lowest BCUT2D eigenvalue weighted by atomic mass is 9.93. The third-order valence-corrected chi connectivity index (χ3v) is 5.23. The van der Waals surface area contributed by atoms with Crippen molar-refractivity contribution in [3.05, 3.63) is 20.8 Å². The van der Waals surface area contributed by atoms with Gasteiger partial charge in [0.15, 0.2) is 0 Å². The minimum Gasteiger partial charge on any atom is -0.310 e. The zero-order valence-electron chi connectivity index (χ0n) is 11.9. The second kappa shape index (κ2) is 8.31. The highest BCUT2D eigenvalue weighted by molar-refractivity contribution is 9.10. The predicted octanol–water partition coefficient (Wildman–Crippen LogP) is 3.97. The lowest BCUT2D eigenvalue weighted by Crippen LogP contribution is -2.42. The Hall–Kier alpha value is 0.1000. The molecule has 0 bridgehead atoms. The number of hydrogen-bond donors (Lipinski definition) is 1. The average molecular weight is 333 g/mol. The minimum atomic E-state index is 0.628. The summed E-state index contributed by atoms with van der Waals surface area (Å²) in [5, 5.41) is 5.73. The molecule has 1 aromatic rings. The van der Waals surface area contributed by atoms with Crippen LogP contribution in [0.15, 0.2) is 15.9 Å². The molecule has 0 radical (unpaired) electrons. The fourth-order valence-electron chi connectivity index (χ4n) is 2.39. The number of nitrogens with zero attached hydrogens (tertiary/aromatic N) is 1. The van der Waals surface area contributed by atoms with E-state index in [2.05, 4.69) is 65.5 Å². The highest BCUT2D eigenvalue weighted by Gasteiger charge is 2.19. The van der Waals surface area contributed by atoms with Gasteiger partial charge in [0.25, 0.3) is 0 Å². The molecule has 0 aliphatic rings. The van der Waals surface area contributed by atoms with Crippen molar-refractivity contribution < 1.29 is 0 Å². The molecule has 1 atom stereocenters. The van der Waals surface area contributed by atoms with Gasteiger partial charge in [0.2, 0.25) is 0 Å². The summed E-state index contributed by atoms with van der Waals surface area (Å²) in [7, 11) is 4.37. The Bertz CT molecular complexity index is 334. The lowest BCUT2D eigenvalue weighted by Gasteiger charge is -2.31. The first-order valence-electron chi connectivity index (χ1n) is 6.68. The molecule has 0 aliphatic heterocycles. The van der Waals surface area contributed by atoms with Crippen molar-refractivity contribution in [3.8, 4) is 0 Å². The fourth-order valence-corrected chi connectivity index (χ4v) is 3.81. The molecular weight excluding hydrogens is 308 g/mol. The quantitative estimate of drug-likeness (QED) is 0.774. The van der Waals surface area contributed by atoms with Gasteiger partial charge in [-0.1, -0.05) is 26.7 Å². The van der Waals surface area contributed by atoms with Gasteiger partial charge in [0.1, 0.15) is 0 Å². The Kier molecular flexibility index (Phi) is 7.46. The topological polar surface area (TPSA) is 15.3 Å². The van der Waals surface area contributed by atoms with Crippen LogP contribution in [0.5, 0.6) is 0 Å². The van der Waals surface area contributed by atoms with Gasteiger partial charge < -0.3 is 10.2 Å². The summed E-state index contributed by atoms with van der Waals surface area (Å²) in [6, 6.07) is 2.82. The Labute approximate surface area is 124 Å². The van der Waals surface area contributed by atoms with Crippen LogP contribution in [0.1, 0.15) is 31.6 Å². The zero-order valence-corrected chi connectivity index (χ0v) is 14.3. The minimum absolute atomic E-state index is 0.628. The van der Waals surface area contributed by atoms with Crippen LogP contribution in [0.4, 0.5) is 0 Å². The van der Waals surface area contributed by atoms with E-state index < -0.39 is 0 Å². The summed E-state index contributed by atoms with van der Waals surface area (Å²) in [5.41, 5.74) is 0. The van der Waals surface area contributed by atoms with Gasteiger partial charge in [-0.3, -0.25) is 0 Å². The van der Waals surface area contributed by atoms with Crippen LogP contribution >= 0.6 is 27.3 Å². The molecule has 2 nitrogen and oxygen atoms in total. The molecule has 1 N–H and O–H groups in total. The van der Waals surface area contributed by atoms with Crippen LogP contribution in [0, 0.1) is 5.92 Å². The van der Waals surface area contributed by atoms with Crippen molar-refractivity contribution in [3.63, 3.8) is 0 Å². The van der Waals surface area contributed by atoms with Crippen molar-refractivity contribution >= 4 is 27.3 Å². The van der Waals surface area contributed by atoms with E-state index in [0.29, 0.717) is 6.04 Å². The highest BCUT2D eigenvalue weighted by atomic mass is 79.9. The summed E-state index contributed by atoms with van der Waals surface area (Å²) in [5.74, 6) is 0.780. The van der Waals surface area contributed by atoms with Gasteiger partial charge in [-0.15, -0.1) is 11.3 Å². The Morgan fingerprint density at radius 3 is 2.44 bits per heavy atom. The number of halogens is 1. The fraction of sp³-hybridized carbons (Fsp3) is 0.714. The summed E-state index contributed by atoms with van der Waals surface area (Å²) in [4.78, 5) is 3.75. The zero-order chi connectivity index (χ0) is 13.5. The first kappa shape index (κ1) is 16.2. The molecule has 1 unspecified atom stereocenters. The van der Waals surface area contributed by atoms with Gasteiger partial charge in [0.05, 0.1) is 0 Å². The third-order valence-electron chi connectivity index (χ3n) is 3.53. The molecule has 0 fully saturated rings. The van der Waals surface area contributed by atoms with E-state index in [9.17, 15) is 0 Å². The SMILES string of the molecule is CCC(CC)C(CNCc1cc(Br)cs1)N(C)C. The lowest BCUT2D eigenvalue weighted by molar-refractivity contribution is 0.194. The van der Waals surface area contributed by atoms with Crippen LogP contribution in [-0.2, 0) is 6.54 Å².